The maximum Gasteiger partial charge on any atom is 0.226 e. The predicted octanol–water partition coefficient (Wildman–Crippen LogP) is 6.27. The van der Waals surface area contributed by atoms with E-state index in [9.17, 15) is 9.90 Å². The fourth-order valence-corrected chi connectivity index (χ4v) is 8.28. The van der Waals surface area contributed by atoms with Crippen LogP contribution in [0.5, 0.6) is 0 Å². The van der Waals surface area contributed by atoms with Gasteiger partial charge in [-0.3, -0.25) is 9.79 Å². The van der Waals surface area contributed by atoms with Crippen molar-refractivity contribution in [2.24, 2.45) is 21.7 Å². The molecule has 5 heteroatoms. The predicted molar refractivity (Wildman–Crippen MR) is 150 cm³/mol. The molecule has 0 radical (unpaired) electrons. The highest BCUT2D eigenvalue weighted by Crippen LogP contribution is 2.61. The van der Waals surface area contributed by atoms with Crippen LogP contribution in [0.15, 0.2) is 65.8 Å². The van der Waals surface area contributed by atoms with Crippen LogP contribution in [0.25, 0.3) is 5.57 Å². The number of alkyl halides is 1. The van der Waals surface area contributed by atoms with Crippen molar-refractivity contribution in [2.75, 3.05) is 6.54 Å². The van der Waals surface area contributed by atoms with Crippen LogP contribution >= 0.6 is 11.6 Å². The van der Waals surface area contributed by atoms with Crippen molar-refractivity contribution in [3.8, 4) is 0 Å². The van der Waals surface area contributed by atoms with E-state index in [1.54, 1.807) is 0 Å². The number of allylic oxidation sites excluding steroid dienone is 1. The smallest absolute Gasteiger partial charge is 0.226 e. The third kappa shape index (κ3) is 4.36. The molecule has 4 atom stereocenters. The first-order valence-electron chi connectivity index (χ1n) is 14.0. The quantitative estimate of drug-likeness (QED) is 0.426. The van der Waals surface area contributed by atoms with Crippen LogP contribution < -0.4 is 5.32 Å². The molecule has 194 valence electrons. The van der Waals surface area contributed by atoms with Crippen molar-refractivity contribution in [1.82, 2.24) is 5.32 Å². The van der Waals surface area contributed by atoms with Crippen molar-refractivity contribution >= 4 is 29.3 Å². The van der Waals surface area contributed by atoms with E-state index in [2.05, 4.69) is 46.7 Å². The number of halogens is 1. The van der Waals surface area contributed by atoms with E-state index in [0.29, 0.717) is 6.54 Å². The molecule has 3 saturated carbocycles. The van der Waals surface area contributed by atoms with Gasteiger partial charge in [0.1, 0.15) is 0 Å². The Morgan fingerprint density at radius 3 is 2.49 bits per heavy atom. The van der Waals surface area contributed by atoms with Crippen molar-refractivity contribution in [2.45, 2.75) is 75.2 Å². The number of aliphatic imine (C=N–C) groups is 1. The van der Waals surface area contributed by atoms with E-state index in [4.69, 9.17) is 11.6 Å². The minimum absolute atomic E-state index is 0.0880. The molecule has 1 heterocycles. The summed E-state index contributed by atoms with van der Waals surface area (Å²) in [6.07, 6.45) is 11.3. The monoisotopic (exact) mass is 516 g/mol. The molecule has 2 aromatic rings. The Morgan fingerprint density at radius 2 is 1.73 bits per heavy atom. The highest BCUT2D eigenvalue weighted by atomic mass is 35.5. The molecule has 0 spiro atoms. The van der Waals surface area contributed by atoms with Gasteiger partial charge in [0.15, 0.2) is 0 Å². The van der Waals surface area contributed by atoms with E-state index in [1.807, 2.05) is 30.6 Å². The van der Waals surface area contributed by atoms with Crippen molar-refractivity contribution in [3.05, 3.63) is 77.5 Å². The fraction of sp³-hybridized carbons (Fsp3) is 0.500. The summed E-state index contributed by atoms with van der Waals surface area (Å²) in [6, 6.07) is 18.8. The van der Waals surface area contributed by atoms with Gasteiger partial charge in [0.25, 0.3) is 0 Å². The maximum absolute atomic E-state index is 13.3. The average Bonchev–Trinajstić information content (AvgIpc) is 3.08. The van der Waals surface area contributed by atoms with E-state index in [0.717, 1.165) is 57.8 Å². The van der Waals surface area contributed by atoms with Crippen molar-refractivity contribution in [1.29, 1.82) is 0 Å². The normalized spacial score (nSPS) is 31.6. The first-order valence-corrected chi connectivity index (χ1v) is 14.4. The average molecular weight is 517 g/mol. The zero-order chi connectivity index (χ0) is 25.5. The molecule has 2 aromatic carbocycles. The molecular weight excluding hydrogens is 480 g/mol. The van der Waals surface area contributed by atoms with E-state index in [1.165, 1.54) is 22.3 Å². The molecule has 1 amide bonds. The van der Waals surface area contributed by atoms with Gasteiger partial charge in [0.05, 0.1) is 11.5 Å². The molecule has 2 bridgehead atoms. The van der Waals surface area contributed by atoms with Crippen LogP contribution in [0.2, 0.25) is 0 Å². The highest BCUT2D eigenvalue weighted by molar-refractivity contribution is 6.22. The van der Waals surface area contributed by atoms with Gasteiger partial charge in [-0.05, 0) is 91.4 Å². The van der Waals surface area contributed by atoms with Gasteiger partial charge >= 0.3 is 0 Å². The number of aliphatic hydroxyl groups excluding tert-OH is 1. The van der Waals surface area contributed by atoms with Crippen LogP contribution in [-0.4, -0.2) is 35.3 Å². The van der Waals surface area contributed by atoms with Gasteiger partial charge in [-0.25, -0.2) is 0 Å². The summed E-state index contributed by atoms with van der Waals surface area (Å²) in [4.78, 5) is 17.8. The van der Waals surface area contributed by atoms with Gasteiger partial charge in [-0.2, -0.15) is 0 Å². The molecule has 4 nitrogen and oxygen atoms in total. The number of nitrogens with one attached hydrogen (secondary N) is 1. The Kier molecular flexibility index (Phi) is 6.75. The summed E-state index contributed by atoms with van der Waals surface area (Å²) in [7, 11) is 0. The van der Waals surface area contributed by atoms with Crippen molar-refractivity contribution in [3.63, 3.8) is 0 Å². The van der Waals surface area contributed by atoms with Crippen LogP contribution in [0, 0.1) is 16.7 Å². The summed E-state index contributed by atoms with van der Waals surface area (Å²) in [5.41, 5.74) is 4.53. The molecule has 0 aromatic heterocycles. The first kappa shape index (κ1) is 24.9. The summed E-state index contributed by atoms with van der Waals surface area (Å²) in [6.45, 7) is 0.671. The molecule has 7 rings (SSSR count). The zero-order valence-corrected chi connectivity index (χ0v) is 22.2. The van der Waals surface area contributed by atoms with Crippen LogP contribution in [0.1, 0.15) is 74.0 Å². The Morgan fingerprint density at radius 1 is 1.03 bits per heavy atom. The summed E-state index contributed by atoms with van der Waals surface area (Å²) >= 11 is 7.28. The number of hydrogen-bond acceptors (Lipinski definition) is 3. The van der Waals surface area contributed by atoms with Crippen LogP contribution in [-0.2, 0) is 11.2 Å². The first-order chi connectivity index (χ1) is 18.0. The SMILES string of the molecule is O=C(NCCc1ccccc1)C12CCC(C(O)C(Cl)C3c4ccccc4C4=CN=CCCC43)(CC1)CC2. The Hall–Kier alpha value is -2.43. The molecule has 3 fully saturated rings. The fourth-order valence-electron chi connectivity index (χ4n) is 7.70. The number of nitrogens with zero attached hydrogens (tertiary/aromatic N) is 1. The Bertz CT molecular complexity index is 1180. The van der Waals surface area contributed by atoms with E-state index >= 15 is 0 Å². The number of benzene rings is 2. The minimum Gasteiger partial charge on any atom is -0.391 e. The summed E-state index contributed by atoms with van der Waals surface area (Å²) in [5.74, 6) is 0.576. The Labute approximate surface area is 225 Å². The number of carbonyl (C=O) groups is 1. The molecule has 0 saturated heterocycles. The van der Waals surface area contributed by atoms with Gasteiger partial charge < -0.3 is 10.4 Å². The lowest BCUT2D eigenvalue weighted by molar-refractivity contribution is -0.147. The summed E-state index contributed by atoms with van der Waals surface area (Å²) < 4.78 is 0. The third-order valence-corrected chi connectivity index (χ3v) is 10.5. The lowest BCUT2D eigenvalue weighted by Gasteiger charge is -2.55. The molecule has 1 aliphatic heterocycles. The van der Waals surface area contributed by atoms with Gasteiger partial charge in [0.2, 0.25) is 5.91 Å². The van der Waals surface area contributed by atoms with Crippen LogP contribution in [0.4, 0.5) is 0 Å². The molecule has 4 aliphatic carbocycles. The number of aliphatic hydroxyl groups is 1. The standard InChI is InChI=1S/C32H37ClN2O2/c33-28(27-24-10-5-4-9-23(24)26-21-34-19-6-11-25(26)27)29(36)31-13-16-32(17-14-31,18-15-31)30(37)35-20-12-22-7-2-1-3-8-22/h1-5,7-10,19,21,25,27-29,36H,6,11-18,20H2,(H,35,37). The lowest BCUT2D eigenvalue weighted by atomic mass is 9.51. The topological polar surface area (TPSA) is 61.7 Å². The van der Waals surface area contributed by atoms with E-state index < -0.39 is 6.10 Å². The summed E-state index contributed by atoms with van der Waals surface area (Å²) in [5, 5.41) is 14.7. The third-order valence-electron chi connectivity index (χ3n) is 9.99. The second-order valence-corrected chi connectivity index (χ2v) is 12.2. The van der Waals surface area contributed by atoms with Crippen LogP contribution in [0.3, 0.4) is 0 Å². The zero-order valence-electron chi connectivity index (χ0n) is 21.4. The number of rotatable bonds is 7. The minimum atomic E-state index is -0.588. The molecule has 4 unspecified atom stereocenters. The lowest BCUT2D eigenvalue weighted by Crippen LogP contribution is -2.56. The second kappa shape index (κ2) is 10.0. The number of hydrogen-bond donors (Lipinski definition) is 2. The molecule has 37 heavy (non-hydrogen) atoms. The van der Waals surface area contributed by atoms with E-state index in [-0.39, 0.29) is 34.0 Å². The van der Waals surface area contributed by atoms with Gasteiger partial charge in [0, 0.05) is 30.3 Å². The number of amides is 1. The molecule has 2 N–H and O–H groups in total. The molecule has 5 aliphatic rings. The maximum atomic E-state index is 13.3. The van der Waals surface area contributed by atoms with Crippen molar-refractivity contribution < 1.29 is 9.90 Å². The Balaban J connectivity index is 1.13. The number of carbonyl (C=O) groups excluding carboxylic acids is 1. The number of fused-ring (bicyclic) bond motifs is 6. The van der Waals surface area contributed by atoms with Gasteiger partial charge in [-0.15, -0.1) is 11.6 Å². The second-order valence-electron chi connectivity index (χ2n) is 11.7. The highest BCUT2D eigenvalue weighted by Gasteiger charge is 2.57. The van der Waals surface area contributed by atoms with Gasteiger partial charge in [-0.1, -0.05) is 54.6 Å². The molecular formula is C32H37ClN2O2. The largest absolute Gasteiger partial charge is 0.391 e.